The number of piperidine rings is 1. The average Bonchev–Trinajstić information content (AvgIpc) is 2.37. The van der Waals surface area contributed by atoms with Gasteiger partial charge in [0.2, 0.25) is 0 Å². The van der Waals surface area contributed by atoms with Crippen molar-refractivity contribution in [2.24, 2.45) is 0 Å². The fourth-order valence-corrected chi connectivity index (χ4v) is 2.23. The molecule has 0 aliphatic carbocycles. The highest BCUT2D eigenvalue weighted by atomic mass is 35.5. The molecule has 1 N–H and O–H groups in total. The third kappa shape index (κ3) is 4.83. The van der Waals surface area contributed by atoms with Crippen LogP contribution in [0.15, 0.2) is 18.2 Å². The van der Waals surface area contributed by atoms with Gasteiger partial charge in [0, 0.05) is 6.07 Å². The number of nitrogens with one attached hydrogen (secondary N) is 1. The molecule has 0 saturated carbocycles. The van der Waals surface area contributed by atoms with Gasteiger partial charge < -0.3 is 10.1 Å². The maximum Gasteiger partial charge on any atom is 0.422 e. The van der Waals surface area contributed by atoms with Crippen LogP contribution in [-0.4, -0.2) is 25.9 Å². The number of hydrogen-bond acceptors (Lipinski definition) is 2. The van der Waals surface area contributed by atoms with E-state index in [4.69, 9.17) is 0 Å². The van der Waals surface area contributed by atoms with Gasteiger partial charge in [-0.1, -0.05) is 6.07 Å². The molecule has 114 valence electrons. The molecule has 0 radical (unpaired) electrons. The van der Waals surface area contributed by atoms with Gasteiger partial charge in [0.25, 0.3) is 0 Å². The smallest absolute Gasteiger partial charge is 0.422 e. The predicted octanol–water partition coefficient (Wildman–Crippen LogP) is 3.66. The zero-order chi connectivity index (χ0) is 13.9. The quantitative estimate of drug-likeness (QED) is 0.860. The normalized spacial score (nSPS) is 16.6. The first kappa shape index (κ1) is 17.0. The van der Waals surface area contributed by atoms with E-state index in [-0.39, 0.29) is 24.1 Å². The molecular formula is C13H16ClF4NO. The number of benzene rings is 1. The molecule has 1 aromatic carbocycles. The number of hydrogen-bond donors (Lipinski definition) is 1. The first-order chi connectivity index (χ1) is 8.96. The predicted molar refractivity (Wildman–Crippen MR) is 70.0 cm³/mol. The van der Waals surface area contributed by atoms with E-state index in [1.165, 1.54) is 12.1 Å². The van der Waals surface area contributed by atoms with Gasteiger partial charge in [0.1, 0.15) is 11.6 Å². The van der Waals surface area contributed by atoms with E-state index in [9.17, 15) is 17.6 Å². The molecule has 20 heavy (non-hydrogen) atoms. The number of rotatable bonds is 3. The van der Waals surface area contributed by atoms with E-state index >= 15 is 0 Å². The molecule has 0 amide bonds. The van der Waals surface area contributed by atoms with Gasteiger partial charge in [-0.15, -0.1) is 12.4 Å². The SMILES string of the molecule is Cl.Fc1cc(OCC(F)(F)F)ccc1C1CCNCC1. The van der Waals surface area contributed by atoms with Crippen molar-refractivity contribution >= 4 is 12.4 Å². The van der Waals surface area contributed by atoms with E-state index in [2.05, 4.69) is 10.1 Å². The van der Waals surface area contributed by atoms with Crippen molar-refractivity contribution in [3.63, 3.8) is 0 Å². The average molecular weight is 314 g/mol. The Balaban J connectivity index is 0.00000200. The first-order valence-corrected chi connectivity index (χ1v) is 6.15. The summed E-state index contributed by atoms with van der Waals surface area (Å²) in [7, 11) is 0. The van der Waals surface area contributed by atoms with Gasteiger partial charge in [-0.25, -0.2) is 4.39 Å². The Hall–Kier alpha value is -1.01. The van der Waals surface area contributed by atoms with Crippen LogP contribution >= 0.6 is 12.4 Å². The van der Waals surface area contributed by atoms with E-state index in [1.54, 1.807) is 0 Å². The van der Waals surface area contributed by atoms with Crippen LogP contribution in [0.1, 0.15) is 24.3 Å². The minimum Gasteiger partial charge on any atom is -0.484 e. The van der Waals surface area contributed by atoms with Crippen LogP contribution in [0.4, 0.5) is 17.6 Å². The fourth-order valence-electron chi connectivity index (χ4n) is 2.23. The summed E-state index contributed by atoms with van der Waals surface area (Å²) in [5, 5.41) is 3.18. The van der Waals surface area contributed by atoms with Gasteiger partial charge in [-0.3, -0.25) is 0 Å². The van der Waals surface area contributed by atoms with Crippen LogP contribution in [0.5, 0.6) is 5.75 Å². The number of ether oxygens (including phenoxy) is 1. The van der Waals surface area contributed by atoms with Crippen LogP contribution in [0.25, 0.3) is 0 Å². The van der Waals surface area contributed by atoms with Crippen LogP contribution in [0.2, 0.25) is 0 Å². The summed E-state index contributed by atoms with van der Waals surface area (Å²) in [6.45, 7) is 0.256. The maximum atomic E-state index is 13.9. The van der Waals surface area contributed by atoms with Crippen LogP contribution in [-0.2, 0) is 0 Å². The number of alkyl halides is 3. The Morgan fingerprint density at radius 3 is 2.40 bits per heavy atom. The second kappa shape index (κ2) is 7.13. The molecule has 1 fully saturated rings. The van der Waals surface area contributed by atoms with Gasteiger partial charge in [0.15, 0.2) is 6.61 Å². The van der Waals surface area contributed by atoms with Crippen LogP contribution in [0.3, 0.4) is 0 Å². The van der Waals surface area contributed by atoms with Crippen molar-refractivity contribution in [3.8, 4) is 5.75 Å². The zero-order valence-electron chi connectivity index (χ0n) is 10.7. The van der Waals surface area contributed by atoms with E-state index < -0.39 is 18.6 Å². The molecule has 1 aromatic rings. The Bertz CT molecular complexity index is 433. The van der Waals surface area contributed by atoms with Crippen molar-refractivity contribution in [1.82, 2.24) is 5.32 Å². The summed E-state index contributed by atoms with van der Waals surface area (Å²) in [5.41, 5.74) is 0.556. The molecule has 2 rings (SSSR count). The van der Waals surface area contributed by atoms with E-state index in [1.807, 2.05) is 0 Å². The summed E-state index contributed by atoms with van der Waals surface area (Å²) in [6, 6.07) is 3.95. The molecule has 1 aliphatic heterocycles. The Morgan fingerprint density at radius 2 is 1.85 bits per heavy atom. The van der Waals surface area contributed by atoms with E-state index in [0.717, 1.165) is 32.0 Å². The molecule has 0 aromatic heterocycles. The van der Waals surface area contributed by atoms with Crippen LogP contribution in [0, 0.1) is 5.82 Å². The Kier molecular flexibility index (Phi) is 6.07. The van der Waals surface area contributed by atoms with Gasteiger partial charge in [-0.2, -0.15) is 13.2 Å². The lowest BCUT2D eigenvalue weighted by atomic mass is 9.90. The third-order valence-electron chi connectivity index (χ3n) is 3.15. The maximum absolute atomic E-state index is 13.9. The molecular weight excluding hydrogens is 298 g/mol. The highest BCUT2D eigenvalue weighted by Crippen LogP contribution is 2.30. The zero-order valence-corrected chi connectivity index (χ0v) is 11.5. The molecule has 0 spiro atoms. The highest BCUT2D eigenvalue weighted by molar-refractivity contribution is 5.85. The second-order valence-corrected chi connectivity index (χ2v) is 4.61. The summed E-state index contributed by atoms with van der Waals surface area (Å²) in [5.74, 6) is -0.461. The second-order valence-electron chi connectivity index (χ2n) is 4.61. The Labute approximate surface area is 120 Å². The topological polar surface area (TPSA) is 21.3 Å². The Morgan fingerprint density at radius 1 is 1.20 bits per heavy atom. The monoisotopic (exact) mass is 313 g/mol. The summed E-state index contributed by atoms with van der Waals surface area (Å²) < 4.78 is 54.3. The lowest BCUT2D eigenvalue weighted by molar-refractivity contribution is -0.153. The van der Waals surface area contributed by atoms with Crippen molar-refractivity contribution in [2.45, 2.75) is 24.9 Å². The summed E-state index contributed by atoms with van der Waals surface area (Å²) in [4.78, 5) is 0. The molecule has 0 atom stereocenters. The largest absolute Gasteiger partial charge is 0.484 e. The molecule has 0 bridgehead atoms. The molecule has 1 aliphatic rings. The minimum absolute atomic E-state index is 0. The lowest BCUT2D eigenvalue weighted by Crippen LogP contribution is -2.27. The highest BCUT2D eigenvalue weighted by Gasteiger charge is 2.28. The molecule has 7 heteroatoms. The molecule has 0 unspecified atom stereocenters. The van der Waals surface area contributed by atoms with Crippen molar-refractivity contribution in [3.05, 3.63) is 29.6 Å². The minimum atomic E-state index is -4.41. The van der Waals surface area contributed by atoms with Crippen LogP contribution < -0.4 is 10.1 Å². The summed E-state index contributed by atoms with van der Waals surface area (Å²) in [6.07, 6.45) is -2.75. The van der Waals surface area contributed by atoms with Crippen molar-refractivity contribution in [1.29, 1.82) is 0 Å². The lowest BCUT2D eigenvalue weighted by Gasteiger charge is -2.23. The molecule has 1 heterocycles. The summed E-state index contributed by atoms with van der Waals surface area (Å²) >= 11 is 0. The van der Waals surface area contributed by atoms with Gasteiger partial charge >= 0.3 is 6.18 Å². The first-order valence-electron chi connectivity index (χ1n) is 6.15. The van der Waals surface area contributed by atoms with Crippen molar-refractivity contribution in [2.75, 3.05) is 19.7 Å². The standard InChI is InChI=1S/C13H15F4NO.ClH/c14-12-7-10(19-8-13(15,16)17)1-2-11(12)9-3-5-18-6-4-9;/h1-2,7,9,18H,3-6,8H2;1H. The molecule has 2 nitrogen and oxygen atoms in total. The molecule has 1 saturated heterocycles. The van der Waals surface area contributed by atoms with Gasteiger partial charge in [0.05, 0.1) is 0 Å². The van der Waals surface area contributed by atoms with Gasteiger partial charge in [-0.05, 0) is 43.5 Å². The number of halogens is 5. The van der Waals surface area contributed by atoms with E-state index in [0.29, 0.717) is 5.56 Å². The fraction of sp³-hybridized carbons (Fsp3) is 0.538. The third-order valence-corrected chi connectivity index (χ3v) is 3.15. The van der Waals surface area contributed by atoms with Crippen molar-refractivity contribution < 1.29 is 22.3 Å².